The quantitative estimate of drug-likeness (QED) is 0.665. The van der Waals surface area contributed by atoms with Gasteiger partial charge in [-0.15, -0.1) is 6.42 Å². The molecule has 21 heavy (non-hydrogen) atoms. The minimum absolute atomic E-state index is 0.0464. The fourth-order valence-corrected chi connectivity index (χ4v) is 1.70. The van der Waals surface area contributed by atoms with E-state index in [-0.39, 0.29) is 6.61 Å². The predicted octanol–water partition coefficient (Wildman–Crippen LogP) is 2.51. The van der Waals surface area contributed by atoms with Crippen LogP contribution >= 0.6 is 0 Å². The van der Waals surface area contributed by atoms with Crippen LogP contribution in [0.3, 0.4) is 0 Å². The summed E-state index contributed by atoms with van der Waals surface area (Å²) in [6.07, 6.45) is 5.06. The zero-order valence-corrected chi connectivity index (χ0v) is 11.6. The minimum Gasteiger partial charge on any atom is -0.449 e. The summed E-state index contributed by atoms with van der Waals surface area (Å²) in [5.41, 5.74) is 8.24. The largest absolute Gasteiger partial charge is 0.449 e. The number of nitrogens with two attached hydrogens (primary N) is 1. The van der Waals surface area contributed by atoms with Crippen LogP contribution in [0.1, 0.15) is 16.1 Å². The van der Waals surface area contributed by atoms with Crippen LogP contribution < -0.4 is 11.1 Å². The Hall–Kier alpha value is -3.00. The van der Waals surface area contributed by atoms with Gasteiger partial charge in [-0.05, 0) is 37.3 Å². The van der Waals surface area contributed by atoms with Crippen molar-refractivity contribution in [1.29, 1.82) is 0 Å². The molecule has 0 atom stereocenters. The summed E-state index contributed by atoms with van der Waals surface area (Å²) in [5.74, 6) is 2.44. The third kappa shape index (κ3) is 3.74. The first-order valence-corrected chi connectivity index (χ1v) is 6.31. The van der Waals surface area contributed by atoms with E-state index in [9.17, 15) is 4.79 Å². The van der Waals surface area contributed by atoms with Crippen LogP contribution in [-0.2, 0) is 4.74 Å². The number of terminal acetylenes is 1. The van der Waals surface area contributed by atoms with E-state index in [2.05, 4.69) is 16.2 Å². The molecular weight excluding hydrogens is 266 g/mol. The summed E-state index contributed by atoms with van der Waals surface area (Å²) in [7, 11) is 0. The van der Waals surface area contributed by atoms with Crippen molar-refractivity contribution in [2.75, 3.05) is 17.7 Å². The van der Waals surface area contributed by atoms with Gasteiger partial charge in [-0.25, -0.2) is 9.78 Å². The molecule has 1 aromatic heterocycles. The Labute approximate surface area is 123 Å². The highest BCUT2D eigenvalue weighted by atomic mass is 16.5. The van der Waals surface area contributed by atoms with Crippen molar-refractivity contribution >= 4 is 23.2 Å². The first kappa shape index (κ1) is 14.4. The van der Waals surface area contributed by atoms with E-state index in [0.29, 0.717) is 17.1 Å². The van der Waals surface area contributed by atoms with Gasteiger partial charge in [-0.2, -0.15) is 0 Å². The highest BCUT2D eigenvalue weighted by Crippen LogP contribution is 2.19. The fourth-order valence-electron chi connectivity index (χ4n) is 1.70. The number of hydrogen-bond donors (Lipinski definition) is 2. The third-order valence-electron chi connectivity index (χ3n) is 2.78. The maximum Gasteiger partial charge on any atom is 0.339 e. The average Bonchev–Trinajstić information content (AvgIpc) is 2.49. The van der Waals surface area contributed by atoms with Crippen molar-refractivity contribution < 1.29 is 9.53 Å². The number of anilines is 3. The highest BCUT2D eigenvalue weighted by Gasteiger charge is 2.07. The molecule has 0 radical (unpaired) electrons. The number of nitrogen functional groups attached to an aromatic ring is 1. The van der Waals surface area contributed by atoms with Crippen LogP contribution in [0, 0.1) is 19.3 Å². The molecule has 2 rings (SSSR count). The van der Waals surface area contributed by atoms with E-state index < -0.39 is 5.97 Å². The molecule has 1 heterocycles. The first-order valence-electron chi connectivity index (χ1n) is 6.31. The number of carbonyl (C=O) groups is 1. The lowest BCUT2D eigenvalue weighted by Gasteiger charge is -2.09. The number of rotatable bonds is 4. The van der Waals surface area contributed by atoms with Crippen molar-refractivity contribution in [3.05, 3.63) is 47.7 Å². The number of aromatic nitrogens is 1. The van der Waals surface area contributed by atoms with Gasteiger partial charge in [0.1, 0.15) is 5.82 Å². The molecule has 0 aliphatic heterocycles. The summed E-state index contributed by atoms with van der Waals surface area (Å²) in [6.45, 7) is 1.78. The Morgan fingerprint density at radius 1 is 1.43 bits per heavy atom. The minimum atomic E-state index is -0.460. The van der Waals surface area contributed by atoms with Crippen LogP contribution in [0.5, 0.6) is 0 Å². The molecule has 0 spiro atoms. The molecular formula is C16H15N3O2. The molecule has 0 amide bonds. The van der Waals surface area contributed by atoms with Gasteiger partial charge >= 0.3 is 5.97 Å². The number of hydrogen-bond acceptors (Lipinski definition) is 5. The summed E-state index contributed by atoms with van der Waals surface area (Å²) in [5, 5.41) is 3.11. The van der Waals surface area contributed by atoms with Crippen molar-refractivity contribution in [3.63, 3.8) is 0 Å². The Morgan fingerprint density at radius 2 is 2.24 bits per heavy atom. The van der Waals surface area contributed by atoms with Crippen molar-refractivity contribution in [2.24, 2.45) is 0 Å². The first-order chi connectivity index (χ1) is 10.1. The van der Waals surface area contributed by atoms with E-state index in [1.165, 1.54) is 0 Å². The average molecular weight is 281 g/mol. The van der Waals surface area contributed by atoms with E-state index in [1.54, 1.807) is 30.3 Å². The topological polar surface area (TPSA) is 77.2 Å². The molecule has 0 bridgehead atoms. The second-order valence-corrected chi connectivity index (χ2v) is 4.36. The second kappa shape index (κ2) is 6.44. The van der Waals surface area contributed by atoms with Gasteiger partial charge in [0.15, 0.2) is 6.61 Å². The van der Waals surface area contributed by atoms with Crippen LogP contribution in [-0.4, -0.2) is 17.6 Å². The van der Waals surface area contributed by atoms with Gasteiger partial charge in [-0.3, -0.25) is 0 Å². The highest BCUT2D eigenvalue weighted by molar-refractivity contribution is 5.90. The van der Waals surface area contributed by atoms with Crippen molar-refractivity contribution in [3.8, 4) is 12.3 Å². The molecule has 106 valence electrons. The molecule has 2 aromatic rings. The van der Waals surface area contributed by atoms with Gasteiger partial charge in [-0.1, -0.05) is 12.0 Å². The monoisotopic (exact) mass is 281 g/mol. The smallest absolute Gasteiger partial charge is 0.339 e. The number of nitrogens with one attached hydrogen (secondary N) is 1. The zero-order chi connectivity index (χ0) is 15.2. The molecule has 0 saturated heterocycles. The summed E-state index contributed by atoms with van der Waals surface area (Å²) >= 11 is 0. The summed E-state index contributed by atoms with van der Waals surface area (Å²) in [6, 6.07) is 10.4. The van der Waals surface area contributed by atoms with Crippen molar-refractivity contribution in [1.82, 2.24) is 4.98 Å². The van der Waals surface area contributed by atoms with E-state index >= 15 is 0 Å². The standard InChI is InChI=1S/C16H15N3O2/c1-3-9-21-16(20)12-5-4-6-13(10-12)19-15-8-7-14(17)11(2)18-15/h1,4-8,10H,9,17H2,2H3,(H,18,19). The van der Waals surface area contributed by atoms with Gasteiger partial charge in [0, 0.05) is 5.69 Å². The van der Waals surface area contributed by atoms with Crippen LogP contribution in [0.2, 0.25) is 0 Å². The third-order valence-corrected chi connectivity index (χ3v) is 2.78. The van der Waals surface area contributed by atoms with Gasteiger partial charge < -0.3 is 15.8 Å². The Kier molecular flexibility index (Phi) is 4.42. The fraction of sp³-hybridized carbons (Fsp3) is 0.125. The Balaban J connectivity index is 2.15. The molecule has 0 unspecified atom stereocenters. The lowest BCUT2D eigenvalue weighted by molar-refractivity contribution is 0.0557. The molecule has 0 fully saturated rings. The van der Waals surface area contributed by atoms with E-state index in [4.69, 9.17) is 16.9 Å². The zero-order valence-electron chi connectivity index (χ0n) is 11.6. The van der Waals surface area contributed by atoms with Gasteiger partial charge in [0.05, 0.1) is 16.9 Å². The maximum absolute atomic E-state index is 11.7. The Morgan fingerprint density at radius 3 is 2.95 bits per heavy atom. The lowest BCUT2D eigenvalue weighted by Crippen LogP contribution is -2.06. The van der Waals surface area contributed by atoms with Crippen LogP contribution in [0.25, 0.3) is 0 Å². The van der Waals surface area contributed by atoms with Gasteiger partial charge in [0.25, 0.3) is 0 Å². The van der Waals surface area contributed by atoms with Gasteiger partial charge in [0.2, 0.25) is 0 Å². The SMILES string of the molecule is C#CCOC(=O)c1cccc(Nc2ccc(N)c(C)n2)c1. The van der Waals surface area contributed by atoms with Crippen LogP contribution in [0.15, 0.2) is 36.4 Å². The number of pyridine rings is 1. The number of esters is 1. The second-order valence-electron chi connectivity index (χ2n) is 4.36. The lowest BCUT2D eigenvalue weighted by atomic mass is 10.2. The molecule has 3 N–H and O–H groups in total. The summed E-state index contributed by atoms with van der Waals surface area (Å²) in [4.78, 5) is 16.0. The molecule has 1 aromatic carbocycles. The molecule has 0 aliphatic rings. The maximum atomic E-state index is 11.7. The predicted molar refractivity (Wildman–Crippen MR) is 82.2 cm³/mol. The molecule has 5 nitrogen and oxygen atoms in total. The normalized spacial score (nSPS) is 9.71. The van der Waals surface area contributed by atoms with Crippen molar-refractivity contribution in [2.45, 2.75) is 6.92 Å². The van der Waals surface area contributed by atoms with E-state index in [0.717, 1.165) is 11.4 Å². The summed E-state index contributed by atoms with van der Waals surface area (Å²) < 4.78 is 4.88. The molecule has 0 saturated carbocycles. The number of ether oxygens (including phenoxy) is 1. The molecule has 5 heteroatoms. The Bertz CT molecular complexity index is 705. The van der Waals surface area contributed by atoms with E-state index in [1.807, 2.05) is 13.0 Å². The number of benzene rings is 1. The van der Waals surface area contributed by atoms with Crippen LogP contribution in [0.4, 0.5) is 17.2 Å². The molecule has 0 aliphatic carbocycles. The number of nitrogens with zero attached hydrogens (tertiary/aromatic N) is 1. The number of carbonyl (C=O) groups excluding carboxylic acids is 1. The number of aryl methyl sites for hydroxylation is 1.